The van der Waals surface area contributed by atoms with Gasteiger partial charge in [0.05, 0.1) is 47.3 Å². The third-order valence-electron chi connectivity index (χ3n) is 6.23. The lowest BCUT2D eigenvalue weighted by molar-refractivity contribution is -0.117. The number of nitrogens with two attached hydrogens (primary N) is 1. The molecular formula is C29H32ClN3O7. The largest absolute Gasteiger partial charge is 0.497 e. The summed E-state index contributed by atoms with van der Waals surface area (Å²) >= 11 is 0. The molecular weight excluding hydrogens is 538 g/mol. The quantitative estimate of drug-likeness (QED) is 0.257. The number of nitrogens with one attached hydrogen (secondary N) is 1. The molecule has 0 saturated carbocycles. The first-order valence-corrected chi connectivity index (χ1v) is 12.0. The van der Waals surface area contributed by atoms with Gasteiger partial charge in [0.1, 0.15) is 23.5 Å². The van der Waals surface area contributed by atoms with Crippen LogP contribution >= 0.6 is 12.4 Å². The van der Waals surface area contributed by atoms with E-state index in [1.165, 1.54) is 20.5 Å². The molecule has 40 heavy (non-hydrogen) atoms. The Bertz CT molecular complexity index is 1420. The maximum absolute atomic E-state index is 13.0. The third kappa shape index (κ3) is 6.41. The fraction of sp³-hybridized carbons (Fsp3) is 0.241. The molecule has 0 spiro atoms. The number of carbonyl (C=O) groups excluding carboxylic acids is 1. The highest BCUT2D eigenvalue weighted by molar-refractivity contribution is 5.97. The van der Waals surface area contributed by atoms with E-state index >= 15 is 0 Å². The lowest BCUT2D eigenvalue weighted by Gasteiger charge is -2.16. The van der Waals surface area contributed by atoms with Crippen LogP contribution in [0.15, 0.2) is 65.4 Å². The Morgan fingerprint density at radius 3 is 2.08 bits per heavy atom. The number of carbonyl (C=O) groups is 1. The average Bonchev–Trinajstić information content (AvgIpc) is 3.46. The zero-order chi connectivity index (χ0) is 27.9. The van der Waals surface area contributed by atoms with Gasteiger partial charge in [-0.2, -0.15) is 0 Å². The van der Waals surface area contributed by atoms with Gasteiger partial charge in [0, 0.05) is 11.1 Å². The fourth-order valence-electron chi connectivity index (χ4n) is 4.17. The zero-order valence-electron chi connectivity index (χ0n) is 22.8. The predicted molar refractivity (Wildman–Crippen MR) is 154 cm³/mol. The molecule has 4 aromatic rings. The molecule has 0 aliphatic heterocycles. The van der Waals surface area contributed by atoms with Crippen molar-refractivity contribution in [1.82, 2.24) is 5.16 Å². The van der Waals surface area contributed by atoms with Crippen molar-refractivity contribution >= 4 is 24.0 Å². The lowest BCUT2D eigenvalue weighted by atomic mass is 10.00. The van der Waals surface area contributed by atoms with Gasteiger partial charge in [-0.05, 0) is 53.9 Å². The molecule has 1 amide bonds. The number of benzene rings is 3. The first-order chi connectivity index (χ1) is 18.9. The summed E-state index contributed by atoms with van der Waals surface area (Å²) in [4.78, 5) is 13.0. The van der Waals surface area contributed by atoms with E-state index in [2.05, 4.69) is 10.5 Å². The van der Waals surface area contributed by atoms with Crippen molar-refractivity contribution in [3.63, 3.8) is 0 Å². The van der Waals surface area contributed by atoms with Gasteiger partial charge in [-0.15, -0.1) is 12.4 Å². The number of hydrogen-bond acceptors (Lipinski definition) is 9. The van der Waals surface area contributed by atoms with E-state index in [1.54, 1.807) is 45.6 Å². The second kappa shape index (κ2) is 13.6. The second-order valence-corrected chi connectivity index (χ2v) is 8.55. The Balaban J connectivity index is 0.00000441. The van der Waals surface area contributed by atoms with E-state index in [1.807, 2.05) is 30.3 Å². The van der Waals surface area contributed by atoms with Crippen molar-refractivity contribution in [2.75, 3.05) is 40.9 Å². The van der Waals surface area contributed by atoms with Crippen LogP contribution in [0.3, 0.4) is 0 Å². The van der Waals surface area contributed by atoms with Gasteiger partial charge in [0.15, 0.2) is 11.5 Å². The highest BCUT2D eigenvalue weighted by Crippen LogP contribution is 2.43. The maximum atomic E-state index is 13.0. The number of aromatic nitrogens is 1. The van der Waals surface area contributed by atoms with Gasteiger partial charge in [-0.1, -0.05) is 23.4 Å². The van der Waals surface area contributed by atoms with E-state index in [0.717, 1.165) is 16.9 Å². The molecule has 0 fully saturated rings. The molecule has 0 aliphatic carbocycles. The summed E-state index contributed by atoms with van der Waals surface area (Å²) in [5, 5.41) is 7.11. The molecule has 3 aromatic carbocycles. The molecule has 1 heterocycles. The van der Waals surface area contributed by atoms with E-state index in [9.17, 15) is 4.79 Å². The summed E-state index contributed by atoms with van der Waals surface area (Å²) in [6.45, 7) is 0. The molecule has 212 valence electrons. The van der Waals surface area contributed by atoms with Gasteiger partial charge >= 0.3 is 0 Å². The van der Waals surface area contributed by atoms with E-state index in [4.69, 9.17) is 33.9 Å². The lowest BCUT2D eigenvalue weighted by Crippen LogP contribution is -2.37. The van der Waals surface area contributed by atoms with Gasteiger partial charge in [0.25, 0.3) is 0 Å². The summed E-state index contributed by atoms with van der Waals surface area (Å²) in [5.74, 6) is 2.29. The molecule has 11 heteroatoms. The summed E-state index contributed by atoms with van der Waals surface area (Å²) in [7, 11) is 7.76. The number of anilines is 1. The van der Waals surface area contributed by atoms with Crippen LogP contribution in [0.1, 0.15) is 5.56 Å². The number of nitrogens with zero attached hydrogens (tertiary/aromatic N) is 1. The topological polar surface area (TPSA) is 127 Å². The number of halogens is 1. The summed E-state index contributed by atoms with van der Waals surface area (Å²) in [5.41, 5.74) is 10.3. The van der Waals surface area contributed by atoms with E-state index in [0.29, 0.717) is 51.9 Å². The molecule has 3 N–H and O–H groups in total. The highest BCUT2D eigenvalue weighted by atomic mass is 35.5. The minimum atomic E-state index is -0.780. The molecule has 1 unspecified atom stereocenters. The van der Waals surface area contributed by atoms with Crippen LogP contribution in [-0.2, 0) is 11.2 Å². The molecule has 1 aromatic heterocycles. The van der Waals surface area contributed by atoms with Gasteiger partial charge in [0.2, 0.25) is 11.7 Å². The Hall–Kier alpha value is -4.41. The number of methoxy groups -OCH3 is 5. The van der Waals surface area contributed by atoms with Crippen LogP contribution in [0.5, 0.6) is 28.7 Å². The Morgan fingerprint density at radius 1 is 0.850 bits per heavy atom. The van der Waals surface area contributed by atoms with Crippen LogP contribution < -0.4 is 34.7 Å². The maximum Gasteiger partial charge on any atom is 0.241 e. The van der Waals surface area contributed by atoms with Gasteiger partial charge in [-0.3, -0.25) is 4.79 Å². The molecule has 0 aliphatic rings. The van der Waals surface area contributed by atoms with Gasteiger partial charge in [-0.25, -0.2) is 0 Å². The Kier molecular flexibility index (Phi) is 10.2. The van der Waals surface area contributed by atoms with E-state index in [-0.39, 0.29) is 18.3 Å². The molecule has 4 rings (SSSR count). The summed E-state index contributed by atoms with van der Waals surface area (Å²) < 4.78 is 32.4. The first-order valence-electron chi connectivity index (χ1n) is 12.0. The number of amides is 1. The normalized spacial score (nSPS) is 11.2. The van der Waals surface area contributed by atoms with Crippen LogP contribution in [0, 0.1) is 0 Å². The van der Waals surface area contributed by atoms with Crippen LogP contribution in [0.25, 0.3) is 22.4 Å². The summed E-state index contributed by atoms with van der Waals surface area (Å²) in [6, 6.07) is 15.6. The zero-order valence-corrected chi connectivity index (χ0v) is 23.7. The highest BCUT2D eigenvalue weighted by Gasteiger charge is 2.21. The summed E-state index contributed by atoms with van der Waals surface area (Å²) in [6.07, 6.45) is 1.89. The minimum Gasteiger partial charge on any atom is -0.497 e. The molecule has 0 bridgehead atoms. The van der Waals surface area contributed by atoms with Crippen LogP contribution in [0.2, 0.25) is 0 Å². The van der Waals surface area contributed by atoms with Crippen molar-refractivity contribution in [2.24, 2.45) is 5.73 Å². The number of ether oxygens (including phenoxy) is 5. The Labute approximate surface area is 238 Å². The van der Waals surface area contributed by atoms with Crippen molar-refractivity contribution in [2.45, 2.75) is 12.5 Å². The number of rotatable bonds is 11. The third-order valence-corrected chi connectivity index (χ3v) is 6.23. The minimum absolute atomic E-state index is 0. The Morgan fingerprint density at radius 2 is 1.50 bits per heavy atom. The average molecular weight is 570 g/mol. The van der Waals surface area contributed by atoms with Crippen molar-refractivity contribution in [3.8, 4) is 51.1 Å². The number of hydrogen-bond donors (Lipinski definition) is 2. The van der Waals surface area contributed by atoms with Crippen LogP contribution in [0.4, 0.5) is 5.69 Å². The van der Waals surface area contributed by atoms with Crippen molar-refractivity contribution in [3.05, 3.63) is 66.4 Å². The monoisotopic (exact) mass is 569 g/mol. The predicted octanol–water partition coefficient (Wildman–Crippen LogP) is 4.98. The molecule has 10 nitrogen and oxygen atoms in total. The smallest absolute Gasteiger partial charge is 0.241 e. The first kappa shape index (κ1) is 30.1. The van der Waals surface area contributed by atoms with Crippen LogP contribution in [-0.4, -0.2) is 52.7 Å². The molecule has 1 atom stereocenters. The van der Waals surface area contributed by atoms with E-state index < -0.39 is 6.04 Å². The molecule has 0 saturated heterocycles. The van der Waals surface area contributed by atoms with Gasteiger partial charge < -0.3 is 39.3 Å². The molecule has 0 radical (unpaired) electrons. The fourth-order valence-corrected chi connectivity index (χ4v) is 4.17. The SMILES string of the molecule is COc1ccc(CC(N)C(=O)Nc2cc(-c3conc3-c3cc(OC)c(OC)c(OC)c3)ccc2OC)cc1.Cl. The van der Waals surface area contributed by atoms with Crippen molar-refractivity contribution in [1.29, 1.82) is 0 Å². The van der Waals surface area contributed by atoms with Crippen molar-refractivity contribution < 1.29 is 33.0 Å². The standard InChI is InChI=1S/C29H31N3O7.ClH/c1-34-20-9-6-17(7-10-20)12-22(30)29(33)31-23-13-18(8-11-24(23)35-2)21-16-39-32-27(21)19-14-25(36-3)28(38-5)26(15-19)37-4;/h6-11,13-16,22H,12,30H2,1-5H3,(H,31,33);1H. The second-order valence-electron chi connectivity index (χ2n) is 8.55.